The molecule has 1 rings (SSSR count). The van der Waals surface area contributed by atoms with Gasteiger partial charge in [-0.2, -0.15) is 0 Å². The number of carbonyl (C=O) groups excluding carboxylic acids is 2. The van der Waals surface area contributed by atoms with Gasteiger partial charge in [0.25, 0.3) is 0 Å². The molecule has 0 saturated carbocycles. The van der Waals surface area contributed by atoms with Gasteiger partial charge in [-0.05, 0) is 44.9 Å². The molecule has 0 aliphatic heterocycles. The maximum absolute atomic E-state index is 12.4. The molecule has 0 amide bonds. The predicted octanol–water partition coefficient (Wildman–Crippen LogP) is 3.15. The van der Waals surface area contributed by atoms with Crippen LogP contribution in [0.1, 0.15) is 31.9 Å². The van der Waals surface area contributed by atoms with Crippen LogP contribution in [0.25, 0.3) is 5.57 Å². The van der Waals surface area contributed by atoms with Crippen molar-refractivity contribution in [2.24, 2.45) is 5.41 Å². The minimum absolute atomic E-state index is 0.159. The first-order valence-electron chi connectivity index (χ1n) is 7.51. The highest BCUT2D eigenvalue weighted by Gasteiger charge is 2.48. The van der Waals surface area contributed by atoms with E-state index in [4.69, 9.17) is 14.2 Å². The maximum Gasteiger partial charge on any atom is 0.327 e. The lowest BCUT2D eigenvalue weighted by molar-refractivity contribution is -0.165. The average Bonchev–Trinajstić information content (AvgIpc) is 2.53. The van der Waals surface area contributed by atoms with E-state index in [0.29, 0.717) is 11.3 Å². The molecule has 23 heavy (non-hydrogen) atoms. The molecule has 1 aromatic carbocycles. The van der Waals surface area contributed by atoms with Gasteiger partial charge >= 0.3 is 11.9 Å². The van der Waals surface area contributed by atoms with Gasteiger partial charge in [0, 0.05) is 5.56 Å². The monoisotopic (exact) mass is 320 g/mol. The largest absolute Gasteiger partial charge is 0.496 e. The molecular formula is C18H24O5. The van der Waals surface area contributed by atoms with Crippen molar-refractivity contribution in [1.29, 1.82) is 0 Å². The normalized spacial score (nSPS) is 10.8. The fourth-order valence-corrected chi connectivity index (χ4v) is 2.20. The summed E-state index contributed by atoms with van der Waals surface area (Å²) in [5.41, 5.74) is 0.217. The molecule has 0 fully saturated rings. The van der Waals surface area contributed by atoms with Gasteiger partial charge in [0.2, 0.25) is 0 Å². The van der Waals surface area contributed by atoms with Crippen molar-refractivity contribution in [2.45, 2.75) is 27.7 Å². The second-order valence-electron chi connectivity index (χ2n) is 5.25. The fraction of sp³-hybridized carbons (Fsp3) is 0.444. The zero-order valence-corrected chi connectivity index (χ0v) is 14.4. The summed E-state index contributed by atoms with van der Waals surface area (Å²) in [5.74, 6) is -0.841. The molecule has 5 nitrogen and oxygen atoms in total. The van der Waals surface area contributed by atoms with Crippen molar-refractivity contribution in [1.82, 2.24) is 0 Å². The summed E-state index contributed by atoms with van der Waals surface area (Å²) < 4.78 is 15.5. The third-order valence-electron chi connectivity index (χ3n) is 3.65. The van der Waals surface area contributed by atoms with Crippen LogP contribution < -0.4 is 4.74 Å². The van der Waals surface area contributed by atoms with Crippen molar-refractivity contribution in [3.8, 4) is 5.75 Å². The smallest absolute Gasteiger partial charge is 0.327 e. The summed E-state index contributed by atoms with van der Waals surface area (Å²) in [7, 11) is 1.53. The summed E-state index contributed by atoms with van der Waals surface area (Å²) in [5, 5.41) is 0. The van der Waals surface area contributed by atoms with Crippen LogP contribution in [0.15, 0.2) is 24.8 Å². The van der Waals surface area contributed by atoms with Gasteiger partial charge in [-0.15, -0.1) is 0 Å². The Kier molecular flexibility index (Phi) is 6.37. The van der Waals surface area contributed by atoms with E-state index in [-0.39, 0.29) is 18.8 Å². The molecule has 126 valence electrons. The first kappa shape index (κ1) is 18.7. The average molecular weight is 320 g/mol. The van der Waals surface area contributed by atoms with Crippen molar-refractivity contribution in [3.63, 3.8) is 0 Å². The summed E-state index contributed by atoms with van der Waals surface area (Å²) >= 11 is 0. The third kappa shape index (κ3) is 3.73. The van der Waals surface area contributed by atoms with Crippen molar-refractivity contribution < 1.29 is 23.8 Å². The summed E-state index contributed by atoms with van der Waals surface area (Å²) in [6.45, 7) is 11.0. The molecule has 0 bridgehead atoms. The number of hydrogen-bond acceptors (Lipinski definition) is 5. The van der Waals surface area contributed by atoms with Crippen LogP contribution >= 0.6 is 0 Å². The van der Waals surface area contributed by atoms with Crippen LogP contribution in [0.2, 0.25) is 0 Å². The predicted molar refractivity (Wildman–Crippen MR) is 88.1 cm³/mol. The quantitative estimate of drug-likeness (QED) is 0.570. The van der Waals surface area contributed by atoms with Crippen LogP contribution in [0.4, 0.5) is 0 Å². The van der Waals surface area contributed by atoms with Crippen molar-refractivity contribution in [2.75, 3.05) is 20.3 Å². The Morgan fingerprint density at radius 1 is 1.13 bits per heavy atom. The Morgan fingerprint density at radius 2 is 1.65 bits per heavy atom. The van der Waals surface area contributed by atoms with E-state index >= 15 is 0 Å². The van der Waals surface area contributed by atoms with Gasteiger partial charge in [0.05, 0.1) is 20.3 Å². The van der Waals surface area contributed by atoms with Gasteiger partial charge < -0.3 is 14.2 Å². The fourth-order valence-electron chi connectivity index (χ4n) is 2.20. The highest BCUT2D eigenvalue weighted by Crippen LogP contribution is 2.40. The van der Waals surface area contributed by atoms with Crippen LogP contribution in [0.5, 0.6) is 5.75 Å². The molecule has 1 aromatic rings. The molecule has 0 radical (unpaired) electrons. The van der Waals surface area contributed by atoms with Crippen LogP contribution in [0, 0.1) is 12.3 Å². The van der Waals surface area contributed by atoms with E-state index in [1.807, 2.05) is 19.1 Å². The lowest BCUT2D eigenvalue weighted by Crippen LogP contribution is -2.40. The number of rotatable bonds is 7. The summed E-state index contributed by atoms with van der Waals surface area (Å²) in [4.78, 5) is 24.9. The maximum atomic E-state index is 12.4. The van der Waals surface area contributed by atoms with Gasteiger partial charge in [-0.3, -0.25) is 9.59 Å². The minimum atomic E-state index is -1.63. The third-order valence-corrected chi connectivity index (χ3v) is 3.65. The topological polar surface area (TPSA) is 61.8 Å². The second kappa shape index (κ2) is 7.81. The molecule has 0 atom stereocenters. The molecule has 0 heterocycles. The Balaban J connectivity index is 3.40. The highest BCUT2D eigenvalue weighted by molar-refractivity contribution is 6.11. The summed E-state index contributed by atoms with van der Waals surface area (Å²) in [6.07, 6.45) is 0. The van der Waals surface area contributed by atoms with Gasteiger partial charge in [-0.25, -0.2) is 0 Å². The number of carbonyl (C=O) groups is 2. The molecule has 0 spiro atoms. The number of hydrogen-bond donors (Lipinski definition) is 0. The molecule has 0 aliphatic carbocycles. The Hall–Kier alpha value is -2.30. The molecule has 0 N–H and O–H groups in total. The lowest BCUT2D eigenvalue weighted by Gasteiger charge is -2.28. The van der Waals surface area contributed by atoms with Crippen molar-refractivity contribution in [3.05, 3.63) is 35.9 Å². The zero-order valence-electron chi connectivity index (χ0n) is 14.4. The molecule has 0 aliphatic rings. The zero-order chi connectivity index (χ0) is 17.6. The van der Waals surface area contributed by atoms with Crippen LogP contribution in [0.3, 0.4) is 0 Å². The van der Waals surface area contributed by atoms with E-state index in [1.165, 1.54) is 14.0 Å². The molecule has 0 aromatic heterocycles. The number of methoxy groups -OCH3 is 1. The van der Waals surface area contributed by atoms with Crippen molar-refractivity contribution >= 4 is 17.5 Å². The van der Waals surface area contributed by atoms with E-state index in [9.17, 15) is 9.59 Å². The Bertz CT molecular complexity index is 585. The minimum Gasteiger partial charge on any atom is -0.496 e. The molecule has 0 saturated heterocycles. The second-order valence-corrected chi connectivity index (χ2v) is 5.25. The van der Waals surface area contributed by atoms with Crippen LogP contribution in [-0.4, -0.2) is 32.3 Å². The van der Waals surface area contributed by atoms with E-state index in [2.05, 4.69) is 6.58 Å². The number of benzene rings is 1. The summed E-state index contributed by atoms with van der Waals surface area (Å²) in [6, 6.07) is 5.45. The first-order valence-corrected chi connectivity index (χ1v) is 7.51. The number of aryl methyl sites for hydroxylation is 1. The lowest BCUT2D eigenvalue weighted by atomic mass is 9.78. The van der Waals surface area contributed by atoms with E-state index < -0.39 is 17.4 Å². The standard InChI is InChI=1S/C18H24O5/c1-7-22-16(19)18(5,17(20)23-8-2)13(4)14-10-9-12(3)11-15(14)21-6/h9-11H,4,7-8H2,1-3,5-6H3. The van der Waals surface area contributed by atoms with Gasteiger partial charge in [0.1, 0.15) is 5.75 Å². The van der Waals surface area contributed by atoms with Crippen LogP contribution in [-0.2, 0) is 19.1 Å². The Labute approximate surface area is 137 Å². The van der Waals surface area contributed by atoms with E-state index in [1.54, 1.807) is 19.9 Å². The molecular weight excluding hydrogens is 296 g/mol. The molecule has 5 heteroatoms. The number of ether oxygens (including phenoxy) is 3. The van der Waals surface area contributed by atoms with Gasteiger partial charge in [-0.1, -0.05) is 18.7 Å². The van der Waals surface area contributed by atoms with Gasteiger partial charge in [0.15, 0.2) is 5.41 Å². The highest BCUT2D eigenvalue weighted by atomic mass is 16.6. The SMILES string of the molecule is C=C(c1ccc(C)cc1OC)C(C)(C(=O)OCC)C(=O)OCC. The van der Waals surface area contributed by atoms with E-state index in [0.717, 1.165) is 5.56 Å². The molecule has 0 unspecified atom stereocenters. The Morgan fingerprint density at radius 3 is 2.09 bits per heavy atom. The number of esters is 2. The first-order chi connectivity index (χ1) is 10.8.